The lowest BCUT2D eigenvalue weighted by Crippen LogP contribution is -2.23. The van der Waals surface area contributed by atoms with E-state index in [2.05, 4.69) is 89.7 Å². The fourth-order valence-electron chi connectivity index (χ4n) is 2.12. The van der Waals surface area contributed by atoms with E-state index in [1.165, 1.54) is 11.1 Å². The van der Waals surface area contributed by atoms with E-state index in [-0.39, 0.29) is 0 Å². The molecule has 0 heterocycles. The zero-order chi connectivity index (χ0) is 13.7. The van der Waals surface area contributed by atoms with Gasteiger partial charge in [-0.3, -0.25) is 0 Å². The number of rotatable bonds is 5. The molecule has 0 aliphatic rings. The van der Waals surface area contributed by atoms with Crippen LogP contribution in [0.1, 0.15) is 36.9 Å². The molecule has 0 bridgehead atoms. The van der Waals surface area contributed by atoms with E-state index in [1.54, 1.807) is 0 Å². The zero-order valence-corrected chi connectivity index (χ0v) is 13.0. The molecule has 0 aliphatic carbocycles. The second-order valence-electron chi connectivity index (χ2n) is 4.99. The first-order chi connectivity index (χ1) is 9.16. The Bertz CT molecular complexity index is 492. The molecular weight excluding hydrogens is 298 g/mol. The van der Waals surface area contributed by atoms with Gasteiger partial charge in [-0.2, -0.15) is 0 Å². The Hall–Kier alpha value is -1.12. The third-order valence-electron chi connectivity index (χ3n) is 3.47. The van der Waals surface area contributed by atoms with Crippen LogP contribution in [0, 0.1) is 0 Å². The average molecular weight is 318 g/mol. The highest BCUT2D eigenvalue weighted by Gasteiger charge is 2.08. The van der Waals surface area contributed by atoms with Crippen LogP contribution in [0.15, 0.2) is 59.1 Å². The van der Waals surface area contributed by atoms with Crippen molar-refractivity contribution in [1.82, 2.24) is 5.32 Å². The van der Waals surface area contributed by atoms with Crippen LogP contribution in [0.4, 0.5) is 0 Å². The second kappa shape index (κ2) is 6.88. The minimum Gasteiger partial charge on any atom is -0.310 e. The molecule has 0 aliphatic heterocycles. The van der Waals surface area contributed by atoms with Gasteiger partial charge in [0.25, 0.3) is 0 Å². The van der Waals surface area contributed by atoms with Gasteiger partial charge >= 0.3 is 0 Å². The summed E-state index contributed by atoms with van der Waals surface area (Å²) in [6, 6.07) is 19.5. The molecule has 0 amide bonds. The Morgan fingerprint density at radius 1 is 0.895 bits per heavy atom. The molecule has 2 atom stereocenters. The highest BCUT2D eigenvalue weighted by molar-refractivity contribution is 9.10. The van der Waals surface area contributed by atoms with Gasteiger partial charge < -0.3 is 5.32 Å². The third-order valence-corrected chi connectivity index (χ3v) is 4.00. The number of hydrogen-bond donors (Lipinski definition) is 1. The minimum atomic E-state index is 0.374. The summed E-state index contributed by atoms with van der Waals surface area (Å²) in [5, 5.41) is 3.60. The van der Waals surface area contributed by atoms with Crippen LogP contribution in [0.5, 0.6) is 0 Å². The molecule has 0 saturated carbocycles. The summed E-state index contributed by atoms with van der Waals surface area (Å²) in [6.45, 7) is 5.46. The Balaban J connectivity index is 1.90. The monoisotopic (exact) mass is 317 g/mol. The number of benzene rings is 2. The van der Waals surface area contributed by atoms with Crippen molar-refractivity contribution >= 4 is 15.9 Å². The highest BCUT2D eigenvalue weighted by Crippen LogP contribution is 2.18. The van der Waals surface area contributed by atoms with Crippen molar-refractivity contribution < 1.29 is 0 Å². The molecule has 2 heteroatoms. The fourth-order valence-corrected chi connectivity index (χ4v) is 2.39. The van der Waals surface area contributed by atoms with Gasteiger partial charge in [0.15, 0.2) is 0 Å². The van der Waals surface area contributed by atoms with Crippen LogP contribution < -0.4 is 5.32 Å². The quantitative estimate of drug-likeness (QED) is 0.826. The van der Waals surface area contributed by atoms with E-state index in [1.807, 2.05) is 0 Å². The Kier molecular flexibility index (Phi) is 5.17. The largest absolute Gasteiger partial charge is 0.310 e. The van der Waals surface area contributed by atoms with Gasteiger partial charge in [0.05, 0.1) is 0 Å². The average Bonchev–Trinajstić information content (AvgIpc) is 2.46. The van der Waals surface area contributed by atoms with Crippen molar-refractivity contribution in [3.63, 3.8) is 0 Å². The van der Waals surface area contributed by atoms with Gasteiger partial charge in [0, 0.05) is 17.1 Å². The molecule has 100 valence electrons. The van der Waals surface area contributed by atoms with Gasteiger partial charge in [0.1, 0.15) is 0 Å². The Morgan fingerprint density at radius 2 is 1.53 bits per heavy atom. The summed E-state index contributed by atoms with van der Waals surface area (Å²) in [4.78, 5) is 0. The first-order valence-electron chi connectivity index (χ1n) is 6.70. The summed E-state index contributed by atoms with van der Waals surface area (Å²) in [5.74, 6) is 0.527. The van der Waals surface area contributed by atoms with Gasteiger partial charge in [-0.1, -0.05) is 65.3 Å². The number of hydrogen-bond acceptors (Lipinski definition) is 1. The van der Waals surface area contributed by atoms with Gasteiger partial charge in [-0.15, -0.1) is 0 Å². The summed E-state index contributed by atoms with van der Waals surface area (Å²) in [6.07, 6.45) is 0. The number of nitrogens with one attached hydrogen (secondary N) is 1. The molecule has 0 radical (unpaired) electrons. The van der Waals surface area contributed by atoms with E-state index < -0.39 is 0 Å². The lowest BCUT2D eigenvalue weighted by molar-refractivity contribution is 0.537. The number of halogens is 1. The van der Waals surface area contributed by atoms with Gasteiger partial charge in [-0.25, -0.2) is 0 Å². The van der Waals surface area contributed by atoms with Crippen molar-refractivity contribution in [2.75, 3.05) is 6.54 Å². The zero-order valence-electron chi connectivity index (χ0n) is 11.4. The van der Waals surface area contributed by atoms with E-state index in [0.717, 1.165) is 11.0 Å². The Morgan fingerprint density at radius 3 is 2.16 bits per heavy atom. The van der Waals surface area contributed by atoms with E-state index >= 15 is 0 Å². The predicted octanol–water partition coefficient (Wildman–Crippen LogP) is 4.90. The van der Waals surface area contributed by atoms with E-state index in [4.69, 9.17) is 0 Å². The SMILES string of the molecule is CC(CN[C@@H](C)c1ccc(Br)cc1)c1ccccc1. The molecule has 1 N–H and O–H groups in total. The molecule has 0 fully saturated rings. The maximum atomic E-state index is 3.60. The van der Waals surface area contributed by atoms with Crippen LogP contribution in [-0.2, 0) is 0 Å². The minimum absolute atomic E-state index is 0.374. The molecule has 2 aromatic rings. The van der Waals surface area contributed by atoms with E-state index in [9.17, 15) is 0 Å². The molecule has 0 spiro atoms. The smallest absolute Gasteiger partial charge is 0.0292 e. The summed E-state index contributed by atoms with van der Waals surface area (Å²) < 4.78 is 1.13. The summed E-state index contributed by atoms with van der Waals surface area (Å²) in [7, 11) is 0. The van der Waals surface area contributed by atoms with Crippen LogP contribution in [-0.4, -0.2) is 6.54 Å². The maximum Gasteiger partial charge on any atom is 0.0292 e. The van der Waals surface area contributed by atoms with Crippen molar-refractivity contribution in [1.29, 1.82) is 0 Å². The topological polar surface area (TPSA) is 12.0 Å². The lowest BCUT2D eigenvalue weighted by atomic mass is 10.0. The highest BCUT2D eigenvalue weighted by atomic mass is 79.9. The van der Waals surface area contributed by atoms with Crippen LogP contribution in [0.3, 0.4) is 0 Å². The molecule has 2 rings (SSSR count). The predicted molar refractivity (Wildman–Crippen MR) is 85.4 cm³/mol. The van der Waals surface area contributed by atoms with Gasteiger partial charge in [-0.05, 0) is 36.1 Å². The maximum absolute atomic E-state index is 3.60. The van der Waals surface area contributed by atoms with Crippen LogP contribution in [0.25, 0.3) is 0 Å². The van der Waals surface area contributed by atoms with Crippen molar-refractivity contribution in [2.45, 2.75) is 25.8 Å². The fraction of sp³-hybridized carbons (Fsp3) is 0.294. The Labute approximate surface area is 124 Å². The molecule has 0 saturated heterocycles. The van der Waals surface area contributed by atoms with E-state index in [0.29, 0.717) is 12.0 Å². The summed E-state index contributed by atoms with van der Waals surface area (Å²) >= 11 is 3.47. The molecular formula is C17H20BrN. The second-order valence-corrected chi connectivity index (χ2v) is 5.91. The molecule has 1 nitrogen and oxygen atoms in total. The normalized spacial score (nSPS) is 14.1. The lowest BCUT2D eigenvalue weighted by Gasteiger charge is -2.18. The van der Waals surface area contributed by atoms with Crippen molar-refractivity contribution in [2.24, 2.45) is 0 Å². The van der Waals surface area contributed by atoms with Gasteiger partial charge in [0.2, 0.25) is 0 Å². The van der Waals surface area contributed by atoms with Crippen molar-refractivity contribution in [3.05, 3.63) is 70.2 Å². The first-order valence-corrected chi connectivity index (χ1v) is 7.50. The molecule has 2 aromatic carbocycles. The third kappa shape index (κ3) is 4.19. The summed E-state index contributed by atoms with van der Waals surface area (Å²) in [5.41, 5.74) is 2.71. The van der Waals surface area contributed by atoms with Crippen molar-refractivity contribution in [3.8, 4) is 0 Å². The molecule has 19 heavy (non-hydrogen) atoms. The van der Waals surface area contributed by atoms with Crippen LogP contribution in [0.2, 0.25) is 0 Å². The van der Waals surface area contributed by atoms with Crippen LogP contribution >= 0.6 is 15.9 Å². The first kappa shape index (κ1) is 14.3. The molecule has 0 aromatic heterocycles. The molecule has 1 unspecified atom stereocenters. The standard InChI is InChI=1S/C17H20BrN/c1-13(15-6-4-3-5-7-15)12-19-14(2)16-8-10-17(18)11-9-16/h3-11,13-14,19H,12H2,1-2H3/t13?,14-/m0/s1.